The van der Waals surface area contributed by atoms with Crippen molar-refractivity contribution in [1.29, 1.82) is 0 Å². The van der Waals surface area contributed by atoms with Crippen LogP contribution in [0, 0.1) is 20.8 Å². The first-order chi connectivity index (χ1) is 9.08. The Morgan fingerprint density at radius 1 is 1.25 bits per heavy atom. The van der Waals surface area contributed by atoms with Gasteiger partial charge in [-0.05, 0) is 43.5 Å². The van der Waals surface area contributed by atoms with Crippen molar-refractivity contribution in [3.63, 3.8) is 0 Å². The van der Waals surface area contributed by atoms with Gasteiger partial charge in [0.15, 0.2) is 0 Å². The van der Waals surface area contributed by atoms with Gasteiger partial charge in [0.05, 0.1) is 11.4 Å². The molecule has 1 amide bonds. The highest BCUT2D eigenvalue weighted by molar-refractivity contribution is 7.89. The first-order valence-electron chi connectivity index (χ1n) is 6.14. The summed E-state index contributed by atoms with van der Waals surface area (Å²) in [6, 6.07) is 1.74. The Morgan fingerprint density at radius 2 is 1.80 bits per heavy atom. The number of carbonyl (C=O) groups is 1. The van der Waals surface area contributed by atoms with Gasteiger partial charge >= 0.3 is 0 Å². The fourth-order valence-corrected chi connectivity index (χ4v) is 3.37. The fraction of sp³-hybridized carbons (Fsp3) is 0.462. The summed E-state index contributed by atoms with van der Waals surface area (Å²) in [4.78, 5) is 13.0. The second kappa shape index (κ2) is 5.80. The third kappa shape index (κ3) is 3.29. The van der Waals surface area contributed by atoms with Gasteiger partial charge in [0.2, 0.25) is 15.9 Å². The van der Waals surface area contributed by atoms with Crippen LogP contribution < -0.4 is 10.5 Å². The molecule has 0 fully saturated rings. The van der Waals surface area contributed by atoms with E-state index in [4.69, 9.17) is 5.73 Å². The standard InChI is InChI=1S/C13H21N3O3S/c1-8-6-11(14)10(3)13(9(8)2)20(18,19)15-7-12(17)16(4)5/h6,15H,7,14H2,1-5H3. The van der Waals surface area contributed by atoms with Gasteiger partial charge in [-0.15, -0.1) is 0 Å². The number of rotatable bonds is 4. The van der Waals surface area contributed by atoms with Crippen LogP contribution in [-0.4, -0.2) is 39.9 Å². The normalized spacial score (nSPS) is 11.4. The number of carbonyl (C=O) groups excluding carboxylic acids is 1. The minimum atomic E-state index is -3.77. The number of nitrogen functional groups attached to an aromatic ring is 1. The predicted octanol–water partition coefficient (Wildman–Crippen LogP) is 0.561. The van der Waals surface area contributed by atoms with E-state index >= 15 is 0 Å². The van der Waals surface area contributed by atoms with Crippen LogP contribution in [0.3, 0.4) is 0 Å². The summed E-state index contributed by atoms with van der Waals surface area (Å²) in [5.41, 5.74) is 8.18. The largest absolute Gasteiger partial charge is 0.398 e. The van der Waals surface area contributed by atoms with Gasteiger partial charge in [0, 0.05) is 19.8 Å². The molecular formula is C13H21N3O3S. The minimum absolute atomic E-state index is 0.154. The monoisotopic (exact) mass is 299 g/mol. The second-order valence-corrected chi connectivity index (χ2v) is 6.68. The van der Waals surface area contributed by atoms with Crippen LogP contribution in [0.15, 0.2) is 11.0 Å². The van der Waals surface area contributed by atoms with E-state index < -0.39 is 10.0 Å². The Kier molecular flexibility index (Phi) is 4.77. The molecule has 20 heavy (non-hydrogen) atoms. The van der Waals surface area contributed by atoms with E-state index in [-0.39, 0.29) is 17.3 Å². The number of likely N-dealkylation sites (N-methyl/N-ethyl adjacent to an activating group) is 1. The van der Waals surface area contributed by atoms with E-state index in [9.17, 15) is 13.2 Å². The number of amides is 1. The Morgan fingerprint density at radius 3 is 2.30 bits per heavy atom. The van der Waals surface area contributed by atoms with E-state index in [0.717, 1.165) is 5.56 Å². The van der Waals surface area contributed by atoms with Crippen molar-refractivity contribution in [3.8, 4) is 0 Å². The topological polar surface area (TPSA) is 92.5 Å². The number of nitrogens with two attached hydrogens (primary N) is 1. The van der Waals surface area contributed by atoms with Crippen LogP contribution in [0.2, 0.25) is 0 Å². The molecule has 0 radical (unpaired) electrons. The first-order valence-corrected chi connectivity index (χ1v) is 7.62. The quantitative estimate of drug-likeness (QED) is 0.795. The predicted molar refractivity (Wildman–Crippen MR) is 78.9 cm³/mol. The molecule has 0 aliphatic carbocycles. The maximum absolute atomic E-state index is 12.4. The van der Waals surface area contributed by atoms with Gasteiger partial charge in [0.25, 0.3) is 0 Å². The number of aryl methyl sites for hydroxylation is 1. The molecule has 0 atom stereocenters. The van der Waals surface area contributed by atoms with Crippen molar-refractivity contribution in [3.05, 3.63) is 22.8 Å². The zero-order valence-electron chi connectivity index (χ0n) is 12.4. The van der Waals surface area contributed by atoms with E-state index in [2.05, 4.69) is 4.72 Å². The van der Waals surface area contributed by atoms with E-state index in [1.54, 1.807) is 40.9 Å². The molecule has 0 saturated heterocycles. The second-order valence-electron chi connectivity index (χ2n) is 4.97. The molecule has 0 heterocycles. The lowest BCUT2D eigenvalue weighted by Crippen LogP contribution is -2.36. The lowest BCUT2D eigenvalue weighted by molar-refractivity contribution is -0.127. The third-order valence-electron chi connectivity index (χ3n) is 3.26. The number of anilines is 1. The maximum atomic E-state index is 12.4. The van der Waals surface area contributed by atoms with Crippen molar-refractivity contribution >= 4 is 21.6 Å². The number of sulfonamides is 1. The number of hydrogen-bond donors (Lipinski definition) is 2. The summed E-state index contributed by atoms with van der Waals surface area (Å²) in [5.74, 6) is -0.315. The Bertz CT molecular complexity index is 611. The van der Waals surface area contributed by atoms with E-state index in [1.807, 2.05) is 0 Å². The molecule has 0 unspecified atom stereocenters. The van der Waals surface area contributed by atoms with Crippen molar-refractivity contribution < 1.29 is 13.2 Å². The molecule has 7 heteroatoms. The van der Waals surface area contributed by atoms with Crippen molar-refractivity contribution in [2.24, 2.45) is 0 Å². The smallest absolute Gasteiger partial charge is 0.241 e. The summed E-state index contributed by atoms with van der Waals surface area (Å²) < 4.78 is 27.1. The van der Waals surface area contributed by atoms with Gasteiger partial charge in [-0.25, -0.2) is 13.1 Å². The van der Waals surface area contributed by atoms with Crippen LogP contribution in [0.1, 0.15) is 16.7 Å². The van der Waals surface area contributed by atoms with Crippen molar-refractivity contribution in [1.82, 2.24) is 9.62 Å². The van der Waals surface area contributed by atoms with Gasteiger partial charge < -0.3 is 10.6 Å². The Hall–Kier alpha value is -1.60. The molecule has 1 aromatic carbocycles. The van der Waals surface area contributed by atoms with Gasteiger partial charge in [-0.2, -0.15) is 0 Å². The van der Waals surface area contributed by atoms with Crippen LogP contribution in [0.25, 0.3) is 0 Å². The third-order valence-corrected chi connectivity index (χ3v) is 4.93. The molecule has 6 nitrogen and oxygen atoms in total. The Labute approximate surface area is 120 Å². The maximum Gasteiger partial charge on any atom is 0.241 e. The molecule has 0 bridgehead atoms. The summed E-state index contributed by atoms with van der Waals surface area (Å²) in [6.45, 7) is 4.91. The Balaban J connectivity index is 3.20. The summed E-state index contributed by atoms with van der Waals surface area (Å²) in [6.07, 6.45) is 0. The highest BCUT2D eigenvalue weighted by Gasteiger charge is 2.23. The van der Waals surface area contributed by atoms with Crippen LogP contribution >= 0.6 is 0 Å². The SMILES string of the molecule is Cc1cc(N)c(C)c(S(=O)(=O)NCC(=O)N(C)C)c1C. The molecule has 1 aromatic rings. The van der Waals surface area contributed by atoms with Crippen LogP contribution in [0.5, 0.6) is 0 Å². The van der Waals surface area contributed by atoms with E-state index in [1.165, 1.54) is 4.90 Å². The average Bonchev–Trinajstić information content (AvgIpc) is 2.33. The molecule has 0 saturated carbocycles. The van der Waals surface area contributed by atoms with Crippen LogP contribution in [0.4, 0.5) is 5.69 Å². The van der Waals surface area contributed by atoms with Gasteiger partial charge in [0.1, 0.15) is 0 Å². The lowest BCUT2D eigenvalue weighted by Gasteiger charge is -2.16. The number of nitrogens with one attached hydrogen (secondary N) is 1. The molecule has 1 rings (SSSR count). The zero-order chi connectivity index (χ0) is 15.7. The molecule has 0 aromatic heterocycles. The minimum Gasteiger partial charge on any atom is -0.398 e. The first kappa shape index (κ1) is 16.5. The summed E-state index contributed by atoms with van der Waals surface area (Å²) in [5, 5.41) is 0. The number of nitrogens with zero attached hydrogens (tertiary/aromatic N) is 1. The number of benzene rings is 1. The van der Waals surface area contributed by atoms with Crippen molar-refractivity contribution in [2.75, 3.05) is 26.4 Å². The van der Waals surface area contributed by atoms with E-state index in [0.29, 0.717) is 16.8 Å². The number of hydrogen-bond acceptors (Lipinski definition) is 4. The molecular weight excluding hydrogens is 278 g/mol. The summed E-state index contributed by atoms with van der Waals surface area (Å²) in [7, 11) is -0.638. The highest BCUT2D eigenvalue weighted by Crippen LogP contribution is 2.27. The molecule has 3 N–H and O–H groups in total. The van der Waals surface area contributed by atoms with Crippen LogP contribution in [-0.2, 0) is 14.8 Å². The van der Waals surface area contributed by atoms with Crippen molar-refractivity contribution in [2.45, 2.75) is 25.7 Å². The van der Waals surface area contributed by atoms with Gasteiger partial charge in [-0.1, -0.05) is 0 Å². The van der Waals surface area contributed by atoms with Gasteiger partial charge in [-0.3, -0.25) is 4.79 Å². The molecule has 0 aliphatic rings. The molecule has 112 valence electrons. The zero-order valence-corrected chi connectivity index (χ0v) is 13.3. The lowest BCUT2D eigenvalue weighted by atomic mass is 10.1. The molecule has 0 spiro atoms. The highest BCUT2D eigenvalue weighted by atomic mass is 32.2. The molecule has 0 aliphatic heterocycles. The fourth-order valence-electron chi connectivity index (χ4n) is 1.83. The average molecular weight is 299 g/mol. The summed E-state index contributed by atoms with van der Waals surface area (Å²) >= 11 is 0.